The lowest BCUT2D eigenvalue weighted by atomic mass is 10.1. The fourth-order valence-electron chi connectivity index (χ4n) is 3.38. The number of hydrogen-bond donors (Lipinski definition) is 1. The highest BCUT2D eigenvalue weighted by Gasteiger charge is 2.32. The van der Waals surface area contributed by atoms with E-state index in [2.05, 4.69) is 35.0 Å². The maximum atomic E-state index is 13.3. The Kier molecular flexibility index (Phi) is 6.98. The zero-order valence-corrected chi connectivity index (χ0v) is 20.9. The van der Waals surface area contributed by atoms with Crippen LogP contribution in [0.5, 0.6) is 5.88 Å². The molecular formula is C21H23ClN8O4S. The summed E-state index contributed by atoms with van der Waals surface area (Å²) in [4.78, 5) is 12.7. The largest absolute Gasteiger partial charge is 0.481 e. The summed E-state index contributed by atoms with van der Waals surface area (Å²) in [5, 5.41) is 11.8. The second-order valence-electron chi connectivity index (χ2n) is 7.78. The molecule has 0 saturated carbocycles. The highest BCUT2D eigenvalue weighted by Crippen LogP contribution is 2.30. The van der Waals surface area contributed by atoms with Crippen LogP contribution in [0.4, 0.5) is 5.95 Å². The van der Waals surface area contributed by atoms with Gasteiger partial charge in [-0.15, -0.1) is 10.2 Å². The Bertz CT molecular complexity index is 1390. The molecule has 14 heteroatoms. The van der Waals surface area contributed by atoms with Crippen LogP contribution in [0.1, 0.15) is 44.2 Å². The van der Waals surface area contributed by atoms with E-state index < -0.39 is 27.2 Å². The Morgan fingerprint density at radius 1 is 1.11 bits per heavy atom. The molecule has 0 amide bonds. The Labute approximate surface area is 206 Å². The predicted octanol–water partition coefficient (Wildman–Crippen LogP) is 3.32. The Hall–Kier alpha value is -3.58. The van der Waals surface area contributed by atoms with E-state index in [1.807, 2.05) is 6.92 Å². The van der Waals surface area contributed by atoms with Gasteiger partial charge in [0, 0.05) is 30.4 Å². The molecular weight excluding hydrogens is 496 g/mol. The normalized spacial score (nSPS) is 14.3. The van der Waals surface area contributed by atoms with E-state index in [0.29, 0.717) is 33.9 Å². The third kappa shape index (κ3) is 5.10. The molecule has 0 fully saturated rings. The van der Waals surface area contributed by atoms with Crippen LogP contribution in [0.3, 0.4) is 0 Å². The summed E-state index contributed by atoms with van der Waals surface area (Å²) in [7, 11) is -2.45. The number of ether oxygens (including phenoxy) is 1. The summed E-state index contributed by atoms with van der Waals surface area (Å²) in [6.45, 7) is 5.11. The van der Waals surface area contributed by atoms with Gasteiger partial charge >= 0.3 is 0 Å². The van der Waals surface area contributed by atoms with E-state index in [1.54, 1.807) is 42.7 Å². The highest BCUT2D eigenvalue weighted by molar-refractivity contribution is 7.93. The zero-order chi connectivity index (χ0) is 25.2. The fraction of sp³-hybridized carbons (Fsp3) is 0.333. The molecule has 4 aromatic rings. The molecule has 4 rings (SSSR count). The van der Waals surface area contributed by atoms with Crippen molar-refractivity contribution in [1.29, 1.82) is 0 Å². The molecule has 0 aliphatic carbocycles. The van der Waals surface area contributed by atoms with Gasteiger partial charge in [-0.25, -0.2) is 23.4 Å². The molecule has 35 heavy (non-hydrogen) atoms. The van der Waals surface area contributed by atoms with Gasteiger partial charge in [0.15, 0.2) is 5.82 Å². The topological polar surface area (TPSA) is 151 Å². The SMILES string of the molecule is COc1cccc(-c2nnc(NS(=O)(=O)[C@@H](C)[C@H](C)c3ncc(Cl)cn3)n2[C@@H](C)c2ccon2)n1. The number of halogens is 1. The average molecular weight is 519 g/mol. The Morgan fingerprint density at radius 2 is 1.86 bits per heavy atom. The number of hydrogen-bond acceptors (Lipinski definition) is 10. The first kappa shape index (κ1) is 24.5. The first-order valence-electron chi connectivity index (χ1n) is 10.6. The van der Waals surface area contributed by atoms with Gasteiger partial charge in [-0.1, -0.05) is 29.7 Å². The van der Waals surface area contributed by atoms with E-state index in [-0.39, 0.29) is 5.95 Å². The molecule has 4 heterocycles. The van der Waals surface area contributed by atoms with Crippen LogP contribution >= 0.6 is 11.6 Å². The van der Waals surface area contributed by atoms with Gasteiger partial charge in [-0.2, -0.15) is 0 Å². The van der Waals surface area contributed by atoms with Crippen molar-refractivity contribution in [3.63, 3.8) is 0 Å². The summed E-state index contributed by atoms with van der Waals surface area (Å²) < 4.78 is 41.1. The number of nitrogens with one attached hydrogen (secondary N) is 1. The molecule has 184 valence electrons. The number of anilines is 1. The minimum Gasteiger partial charge on any atom is -0.481 e. The average Bonchev–Trinajstić information content (AvgIpc) is 3.53. The van der Waals surface area contributed by atoms with Crippen molar-refractivity contribution >= 4 is 27.6 Å². The number of sulfonamides is 1. The minimum atomic E-state index is -3.95. The number of methoxy groups -OCH3 is 1. The van der Waals surface area contributed by atoms with Crippen LogP contribution < -0.4 is 9.46 Å². The summed E-state index contributed by atoms with van der Waals surface area (Å²) >= 11 is 5.86. The van der Waals surface area contributed by atoms with Gasteiger partial charge < -0.3 is 9.26 Å². The summed E-state index contributed by atoms with van der Waals surface area (Å²) in [6.07, 6.45) is 4.28. The lowest BCUT2D eigenvalue weighted by Gasteiger charge is -2.21. The van der Waals surface area contributed by atoms with Gasteiger partial charge in [-0.05, 0) is 19.9 Å². The third-order valence-electron chi connectivity index (χ3n) is 5.61. The molecule has 1 N–H and O–H groups in total. The third-order valence-corrected chi connectivity index (χ3v) is 7.65. The zero-order valence-electron chi connectivity index (χ0n) is 19.3. The number of aromatic nitrogens is 7. The second-order valence-corrected chi connectivity index (χ2v) is 10.3. The number of nitrogens with zero attached hydrogens (tertiary/aromatic N) is 7. The van der Waals surface area contributed by atoms with Crippen LogP contribution in [-0.2, 0) is 10.0 Å². The molecule has 0 aliphatic rings. The van der Waals surface area contributed by atoms with Gasteiger partial charge in [0.25, 0.3) is 0 Å². The van der Waals surface area contributed by atoms with Crippen LogP contribution in [0.25, 0.3) is 11.5 Å². The van der Waals surface area contributed by atoms with Crippen molar-refractivity contribution in [1.82, 2.24) is 34.9 Å². The Balaban J connectivity index is 1.72. The molecule has 0 aromatic carbocycles. The molecule has 0 radical (unpaired) electrons. The predicted molar refractivity (Wildman–Crippen MR) is 128 cm³/mol. The minimum absolute atomic E-state index is 0.00352. The van der Waals surface area contributed by atoms with Crippen LogP contribution in [0.2, 0.25) is 5.02 Å². The van der Waals surface area contributed by atoms with E-state index in [4.69, 9.17) is 20.9 Å². The molecule has 0 bridgehead atoms. The molecule has 3 atom stereocenters. The summed E-state index contributed by atoms with van der Waals surface area (Å²) in [5.41, 5.74) is 0.985. The van der Waals surface area contributed by atoms with Crippen molar-refractivity contribution in [2.24, 2.45) is 0 Å². The molecule has 0 aliphatic heterocycles. The molecule has 12 nitrogen and oxygen atoms in total. The van der Waals surface area contributed by atoms with Crippen molar-refractivity contribution in [3.05, 3.63) is 59.5 Å². The van der Waals surface area contributed by atoms with Gasteiger partial charge in [-0.3, -0.25) is 9.29 Å². The van der Waals surface area contributed by atoms with Gasteiger partial charge in [0.1, 0.15) is 23.5 Å². The molecule has 0 unspecified atom stereocenters. The quantitative estimate of drug-likeness (QED) is 0.349. The fourth-order valence-corrected chi connectivity index (χ4v) is 4.72. The lowest BCUT2D eigenvalue weighted by molar-refractivity contribution is 0.397. The van der Waals surface area contributed by atoms with E-state index >= 15 is 0 Å². The van der Waals surface area contributed by atoms with Crippen molar-refractivity contribution in [2.75, 3.05) is 11.8 Å². The Morgan fingerprint density at radius 3 is 2.51 bits per heavy atom. The first-order valence-corrected chi connectivity index (χ1v) is 12.5. The maximum Gasteiger partial charge on any atom is 0.239 e. The second kappa shape index (κ2) is 9.96. The molecule has 0 saturated heterocycles. The maximum absolute atomic E-state index is 13.3. The lowest BCUT2D eigenvalue weighted by Crippen LogP contribution is -2.32. The highest BCUT2D eigenvalue weighted by atomic mass is 35.5. The van der Waals surface area contributed by atoms with E-state index in [9.17, 15) is 8.42 Å². The molecule has 0 spiro atoms. The first-order chi connectivity index (χ1) is 16.7. The van der Waals surface area contributed by atoms with Crippen molar-refractivity contribution in [3.8, 4) is 17.4 Å². The van der Waals surface area contributed by atoms with Gasteiger partial charge in [0.2, 0.25) is 21.9 Å². The van der Waals surface area contributed by atoms with E-state index in [0.717, 1.165) is 0 Å². The van der Waals surface area contributed by atoms with E-state index in [1.165, 1.54) is 25.8 Å². The van der Waals surface area contributed by atoms with Crippen molar-refractivity contribution in [2.45, 2.75) is 38.0 Å². The van der Waals surface area contributed by atoms with Crippen LogP contribution in [0.15, 0.2) is 47.4 Å². The standard InChI is InChI=1S/C21H23ClN8O4S/c1-12(19-23-10-15(22)11-24-19)14(3)35(31,32)29-21-27-26-20(17-6-5-7-18(25-17)33-4)30(21)13(2)16-8-9-34-28-16/h5-14H,1-4H3,(H,27,29)/t12-,13-,14-/m0/s1. The van der Waals surface area contributed by atoms with Gasteiger partial charge in [0.05, 0.1) is 23.4 Å². The van der Waals surface area contributed by atoms with Crippen LogP contribution in [0, 0.1) is 0 Å². The van der Waals surface area contributed by atoms with Crippen molar-refractivity contribution < 1.29 is 17.7 Å². The summed E-state index contributed by atoms with van der Waals surface area (Å²) in [6, 6.07) is 6.35. The number of rotatable bonds is 9. The van der Waals surface area contributed by atoms with Crippen LogP contribution in [-0.4, -0.2) is 55.7 Å². The summed E-state index contributed by atoms with van der Waals surface area (Å²) in [5.74, 6) is 0.508. The smallest absolute Gasteiger partial charge is 0.239 e. The molecule has 4 aromatic heterocycles. The number of pyridine rings is 1. The monoisotopic (exact) mass is 518 g/mol.